The Labute approximate surface area is 159 Å². The molecule has 0 aliphatic carbocycles. The number of carbonyl (C=O) groups is 1. The van der Waals surface area contributed by atoms with Gasteiger partial charge in [-0.2, -0.15) is 5.26 Å². The highest BCUT2D eigenvalue weighted by Crippen LogP contribution is 2.39. The first-order chi connectivity index (χ1) is 13.2. The monoisotopic (exact) mass is 362 g/mol. The van der Waals surface area contributed by atoms with Gasteiger partial charge in [-0.25, -0.2) is 0 Å². The highest BCUT2D eigenvalue weighted by molar-refractivity contribution is 5.92. The second-order valence-corrected chi connectivity index (χ2v) is 6.33. The van der Waals surface area contributed by atoms with E-state index in [-0.39, 0.29) is 11.9 Å². The van der Waals surface area contributed by atoms with E-state index in [1.807, 2.05) is 41.3 Å². The first kappa shape index (κ1) is 18.5. The van der Waals surface area contributed by atoms with E-state index in [0.717, 1.165) is 35.5 Å². The quantitative estimate of drug-likeness (QED) is 0.756. The third-order valence-electron chi connectivity index (χ3n) is 4.82. The van der Waals surface area contributed by atoms with Crippen LogP contribution in [0.15, 0.2) is 48.5 Å². The highest BCUT2D eigenvalue weighted by Gasteiger charge is 2.31. The van der Waals surface area contributed by atoms with Gasteiger partial charge >= 0.3 is 0 Å². The van der Waals surface area contributed by atoms with Crippen LogP contribution in [0.5, 0.6) is 11.5 Å². The molecule has 5 nitrogen and oxygen atoms in total. The van der Waals surface area contributed by atoms with Crippen LogP contribution in [-0.4, -0.2) is 31.6 Å². The molecule has 5 heteroatoms. The number of amides is 1. The Hall–Kier alpha value is -3.26. The molecule has 1 unspecified atom stereocenters. The van der Waals surface area contributed by atoms with Crippen molar-refractivity contribution in [2.45, 2.75) is 18.9 Å². The van der Waals surface area contributed by atoms with Crippen LogP contribution in [0.4, 0.5) is 0 Å². The van der Waals surface area contributed by atoms with E-state index in [1.54, 1.807) is 32.4 Å². The van der Waals surface area contributed by atoms with E-state index in [0.29, 0.717) is 12.1 Å². The first-order valence-corrected chi connectivity index (χ1v) is 8.87. The van der Waals surface area contributed by atoms with Crippen molar-refractivity contribution >= 4 is 12.0 Å². The van der Waals surface area contributed by atoms with Gasteiger partial charge in [0.2, 0.25) is 5.91 Å². The van der Waals surface area contributed by atoms with Crippen molar-refractivity contribution in [3.05, 3.63) is 65.2 Å². The standard InChI is InChI=1S/C22H22N2O3/c1-26-18-10-11-21(27-2)19(14-18)20-8-5-13-24(20)22(25)12-9-16-6-3-4-7-17(16)15-23/h3-4,6-7,9-12,14,20H,5,8,13H2,1-2H3/b12-9+. The molecule has 1 aliphatic rings. The Morgan fingerprint density at radius 1 is 1.22 bits per heavy atom. The molecule has 0 aromatic heterocycles. The van der Waals surface area contributed by atoms with Crippen molar-refractivity contribution in [3.8, 4) is 17.6 Å². The van der Waals surface area contributed by atoms with E-state index in [1.165, 1.54) is 0 Å². The number of carbonyl (C=O) groups excluding carboxylic acids is 1. The average molecular weight is 362 g/mol. The maximum absolute atomic E-state index is 12.8. The zero-order chi connectivity index (χ0) is 19.2. The van der Waals surface area contributed by atoms with Gasteiger partial charge in [-0.05, 0) is 48.7 Å². The summed E-state index contributed by atoms with van der Waals surface area (Å²) >= 11 is 0. The van der Waals surface area contributed by atoms with Crippen molar-refractivity contribution in [3.63, 3.8) is 0 Å². The van der Waals surface area contributed by atoms with Crippen LogP contribution < -0.4 is 9.47 Å². The maximum atomic E-state index is 12.8. The fourth-order valence-corrected chi connectivity index (χ4v) is 3.45. The minimum atomic E-state index is -0.0740. The zero-order valence-corrected chi connectivity index (χ0v) is 15.5. The van der Waals surface area contributed by atoms with Gasteiger partial charge in [0.25, 0.3) is 0 Å². The Bertz CT molecular complexity index is 899. The van der Waals surface area contributed by atoms with E-state index in [2.05, 4.69) is 6.07 Å². The van der Waals surface area contributed by atoms with E-state index in [4.69, 9.17) is 9.47 Å². The number of hydrogen-bond donors (Lipinski definition) is 0. The van der Waals surface area contributed by atoms with Crippen molar-refractivity contribution < 1.29 is 14.3 Å². The van der Waals surface area contributed by atoms with Gasteiger partial charge in [-0.15, -0.1) is 0 Å². The van der Waals surface area contributed by atoms with Crippen LogP contribution in [0.25, 0.3) is 6.08 Å². The molecule has 1 heterocycles. The minimum absolute atomic E-state index is 0.0570. The molecule has 1 saturated heterocycles. The Balaban J connectivity index is 1.85. The van der Waals surface area contributed by atoms with Crippen LogP contribution >= 0.6 is 0 Å². The molecule has 0 spiro atoms. The largest absolute Gasteiger partial charge is 0.497 e. The topological polar surface area (TPSA) is 62.6 Å². The summed E-state index contributed by atoms with van der Waals surface area (Å²) in [6.07, 6.45) is 5.05. The lowest BCUT2D eigenvalue weighted by Crippen LogP contribution is -2.29. The minimum Gasteiger partial charge on any atom is -0.497 e. The number of rotatable bonds is 5. The highest BCUT2D eigenvalue weighted by atomic mass is 16.5. The molecule has 1 fully saturated rings. The van der Waals surface area contributed by atoms with Gasteiger partial charge in [-0.3, -0.25) is 4.79 Å². The summed E-state index contributed by atoms with van der Waals surface area (Å²) in [6.45, 7) is 0.689. The summed E-state index contributed by atoms with van der Waals surface area (Å²) in [5.41, 5.74) is 2.24. The Kier molecular flexibility index (Phi) is 5.77. The van der Waals surface area contributed by atoms with Crippen molar-refractivity contribution in [1.29, 1.82) is 5.26 Å². The lowest BCUT2D eigenvalue weighted by molar-refractivity contribution is -0.126. The number of likely N-dealkylation sites (tertiary alicyclic amines) is 1. The molecule has 2 aromatic carbocycles. The normalized spacial score (nSPS) is 16.3. The molecule has 0 saturated carbocycles. The summed E-state index contributed by atoms with van der Waals surface area (Å²) in [4.78, 5) is 14.7. The molecule has 27 heavy (non-hydrogen) atoms. The third kappa shape index (κ3) is 3.95. The fourth-order valence-electron chi connectivity index (χ4n) is 3.45. The molecule has 3 rings (SSSR count). The zero-order valence-electron chi connectivity index (χ0n) is 15.5. The van der Waals surface area contributed by atoms with E-state index >= 15 is 0 Å². The predicted octanol–water partition coefficient (Wildman–Crippen LogP) is 3.95. The van der Waals surface area contributed by atoms with Gasteiger partial charge < -0.3 is 14.4 Å². The van der Waals surface area contributed by atoms with Crippen LogP contribution in [-0.2, 0) is 4.79 Å². The maximum Gasteiger partial charge on any atom is 0.247 e. The Morgan fingerprint density at radius 3 is 2.78 bits per heavy atom. The molecule has 2 aromatic rings. The molecular weight excluding hydrogens is 340 g/mol. The second-order valence-electron chi connectivity index (χ2n) is 6.33. The summed E-state index contributed by atoms with van der Waals surface area (Å²) in [7, 11) is 3.25. The number of benzene rings is 2. The number of nitrogens with zero attached hydrogens (tertiary/aromatic N) is 2. The first-order valence-electron chi connectivity index (χ1n) is 8.87. The van der Waals surface area contributed by atoms with Crippen LogP contribution in [0.2, 0.25) is 0 Å². The third-order valence-corrected chi connectivity index (χ3v) is 4.82. The van der Waals surface area contributed by atoms with Crippen LogP contribution in [0.3, 0.4) is 0 Å². The molecule has 1 amide bonds. The molecule has 138 valence electrons. The average Bonchev–Trinajstić information content (AvgIpc) is 3.21. The van der Waals surface area contributed by atoms with Gasteiger partial charge in [0.05, 0.1) is 31.9 Å². The van der Waals surface area contributed by atoms with Crippen molar-refractivity contribution in [2.24, 2.45) is 0 Å². The van der Waals surface area contributed by atoms with Gasteiger partial charge in [0, 0.05) is 18.2 Å². The molecule has 1 atom stereocenters. The summed E-state index contributed by atoms with van der Waals surface area (Å²) in [6, 6.07) is 15.0. The van der Waals surface area contributed by atoms with Gasteiger partial charge in [-0.1, -0.05) is 18.2 Å². The number of methoxy groups -OCH3 is 2. The van der Waals surface area contributed by atoms with Gasteiger partial charge in [0.1, 0.15) is 11.5 Å². The second kappa shape index (κ2) is 8.41. The number of hydrogen-bond acceptors (Lipinski definition) is 4. The van der Waals surface area contributed by atoms with Gasteiger partial charge in [0.15, 0.2) is 0 Å². The molecule has 0 radical (unpaired) electrons. The van der Waals surface area contributed by atoms with E-state index < -0.39 is 0 Å². The summed E-state index contributed by atoms with van der Waals surface area (Å²) < 4.78 is 10.8. The number of ether oxygens (including phenoxy) is 2. The lowest BCUT2D eigenvalue weighted by atomic mass is 10.0. The van der Waals surface area contributed by atoms with Crippen LogP contribution in [0, 0.1) is 11.3 Å². The molecule has 0 bridgehead atoms. The smallest absolute Gasteiger partial charge is 0.247 e. The Morgan fingerprint density at radius 2 is 2.04 bits per heavy atom. The fraction of sp³-hybridized carbons (Fsp3) is 0.273. The summed E-state index contributed by atoms with van der Waals surface area (Å²) in [5, 5.41) is 9.19. The van der Waals surface area contributed by atoms with Crippen LogP contribution in [0.1, 0.15) is 35.6 Å². The van der Waals surface area contributed by atoms with Crippen molar-refractivity contribution in [2.75, 3.05) is 20.8 Å². The molecule has 0 N–H and O–H groups in total. The summed E-state index contributed by atoms with van der Waals surface area (Å²) in [5.74, 6) is 1.41. The van der Waals surface area contributed by atoms with Crippen molar-refractivity contribution in [1.82, 2.24) is 4.90 Å². The van der Waals surface area contributed by atoms with E-state index in [9.17, 15) is 10.1 Å². The number of nitriles is 1. The predicted molar refractivity (Wildman–Crippen MR) is 103 cm³/mol. The molecule has 1 aliphatic heterocycles. The SMILES string of the molecule is COc1ccc(OC)c(C2CCCN2C(=O)/C=C/c2ccccc2C#N)c1. The lowest BCUT2D eigenvalue weighted by Gasteiger charge is -2.25. The molecular formula is C22H22N2O3.